The van der Waals surface area contributed by atoms with Crippen LogP contribution in [0.5, 0.6) is 11.5 Å². The Kier molecular flexibility index (Phi) is 4.13. The molecule has 26 heavy (non-hydrogen) atoms. The molecular formula is C21H20N2O3. The summed E-state index contributed by atoms with van der Waals surface area (Å²) in [5.41, 5.74) is 5.00. The lowest BCUT2D eigenvalue weighted by molar-refractivity contribution is 0.0951. The number of fused-ring (bicyclic) bond motifs is 1. The molecule has 0 radical (unpaired) electrons. The Bertz CT molecular complexity index is 938. The number of nitrogens with zero attached hydrogens (tertiary/aromatic N) is 1. The summed E-state index contributed by atoms with van der Waals surface area (Å²) in [6.07, 6.45) is 0. The molecule has 0 unspecified atom stereocenters. The predicted molar refractivity (Wildman–Crippen MR) is 99.0 cm³/mol. The van der Waals surface area contributed by atoms with Crippen molar-refractivity contribution in [1.82, 2.24) is 9.88 Å². The van der Waals surface area contributed by atoms with Gasteiger partial charge in [0.2, 0.25) is 6.79 Å². The smallest absolute Gasteiger partial charge is 0.251 e. The lowest BCUT2D eigenvalue weighted by Gasteiger charge is -2.11. The van der Waals surface area contributed by atoms with Crippen molar-refractivity contribution in [3.05, 3.63) is 77.1 Å². The topological polar surface area (TPSA) is 52.5 Å². The minimum atomic E-state index is -0.102. The van der Waals surface area contributed by atoms with E-state index in [0.29, 0.717) is 12.1 Å². The van der Waals surface area contributed by atoms with Crippen molar-refractivity contribution in [2.75, 3.05) is 6.79 Å². The quantitative estimate of drug-likeness (QED) is 0.781. The molecular weight excluding hydrogens is 328 g/mol. The predicted octanol–water partition coefficient (Wildman–Crippen LogP) is 3.75. The molecule has 0 saturated heterocycles. The van der Waals surface area contributed by atoms with E-state index >= 15 is 0 Å². The molecule has 2 aromatic carbocycles. The van der Waals surface area contributed by atoms with E-state index < -0.39 is 0 Å². The standard InChI is InChI=1S/C21H20N2O3/c1-14-3-4-15(2)23(14)18-8-6-17(7-9-18)21(24)22-12-16-5-10-19-20(11-16)26-13-25-19/h3-11H,12-13H2,1-2H3,(H,22,24). The van der Waals surface area contributed by atoms with Gasteiger partial charge in [-0.25, -0.2) is 0 Å². The van der Waals surface area contributed by atoms with Crippen LogP contribution in [-0.2, 0) is 6.54 Å². The molecule has 0 saturated carbocycles. The van der Waals surface area contributed by atoms with Gasteiger partial charge in [0.1, 0.15) is 0 Å². The van der Waals surface area contributed by atoms with E-state index in [-0.39, 0.29) is 12.7 Å². The average molecular weight is 348 g/mol. The number of carbonyl (C=O) groups is 1. The van der Waals surface area contributed by atoms with Crippen LogP contribution in [0.3, 0.4) is 0 Å². The summed E-state index contributed by atoms with van der Waals surface area (Å²) in [7, 11) is 0. The van der Waals surface area contributed by atoms with Gasteiger partial charge in [0.15, 0.2) is 11.5 Å². The van der Waals surface area contributed by atoms with E-state index in [4.69, 9.17) is 9.47 Å². The maximum atomic E-state index is 12.4. The van der Waals surface area contributed by atoms with Crippen molar-refractivity contribution in [1.29, 1.82) is 0 Å². The molecule has 1 aliphatic rings. The number of hydrogen-bond acceptors (Lipinski definition) is 3. The van der Waals surface area contributed by atoms with E-state index in [1.54, 1.807) is 0 Å². The van der Waals surface area contributed by atoms with Crippen LogP contribution in [0.2, 0.25) is 0 Å². The normalized spacial score (nSPS) is 12.2. The van der Waals surface area contributed by atoms with Gasteiger partial charge in [-0.3, -0.25) is 4.79 Å². The van der Waals surface area contributed by atoms with Crippen molar-refractivity contribution >= 4 is 5.91 Å². The van der Waals surface area contributed by atoms with Crippen LogP contribution < -0.4 is 14.8 Å². The first-order valence-corrected chi connectivity index (χ1v) is 8.54. The maximum absolute atomic E-state index is 12.4. The van der Waals surface area contributed by atoms with Crippen LogP contribution in [0.25, 0.3) is 5.69 Å². The van der Waals surface area contributed by atoms with Gasteiger partial charge in [-0.2, -0.15) is 0 Å². The zero-order valence-corrected chi connectivity index (χ0v) is 14.8. The van der Waals surface area contributed by atoms with Crippen LogP contribution in [0, 0.1) is 13.8 Å². The number of benzene rings is 2. The summed E-state index contributed by atoms with van der Waals surface area (Å²) in [5.74, 6) is 1.36. The highest BCUT2D eigenvalue weighted by Gasteiger charge is 2.14. The highest BCUT2D eigenvalue weighted by atomic mass is 16.7. The van der Waals surface area contributed by atoms with Crippen LogP contribution >= 0.6 is 0 Å². The molecule has 3 aromatic rings. The zero-order chi connectivity index (χ0) is 18.1. The molecule has 1 N–H and O–H groups in total. The van der Waals surface area contributed by atoms with Gasteiger partial charge in [0, 0.05) is 29.2 Å². The Hall–Kier alpha value is -3.21. The molecule has 1 aliphatic heterocycles. The van der Waals surface area contributed by atoms with Crippen LogP contribution in [0.15, 0.2) is 54.6 Å². The van der Waals surface area contributed by atoms with Gasteiger partial charge in [-0.1, -0.05) is 6.07 Å². The number of amides is 1. The third kappa shape index (κ3) is 3.04. The Morgan fingerprint density at radius 3 is 2.38 bits per heavy atom. The second-order valence-corrected chi connectivity index (χ2v) is 6.37. The molecule has 1 aromatic heterocycles. The minimum Gasteiger partial charge on any atom is -0.454 e. The van der Waals surface area contributed by atoms with Crippen molar-refractivity contribution in [2.24, 2.45) is 0 Å². The maximum Gasteiger partial charge on any atom is 0.251 e. The highest BCUT2D eigenvalue weighted by Crippen LogP contribution is 2.32. The van der Waals surface area contributed by atoms with Gasteiger partial charge in [-0.15, -0.1) is 0 Å². The Labute approximate surface area is 152 Å². The molecule has 1 amide bonds. The molecule has 4 rings (SSSR count). The van der Waals surface area contributed by atoms with Crippen LogP contribution in [-0.4, -0.2) is 17.3 Å². The third-order valence-electron chi connectivity index (χ3n) is 4.55. The minimum absolute atomic E-state index is 0.102. The molecule has 0 atom stereocenters. The van der Waals surface area contributed by atoms with E-state index in [0.717, 1.165) is 22.7 Å². The fourth-order valence-corrected chi connectivity index (χ4v) is 3.17. The molecule has 0 spiro atoms. The van der Waals surface area contributed by atoms with Gasteiger partial charge in [0.25, 0.3) is 5.91 Å². The van der Waals surface area contributed by atoms with Gasteiger partial charge in [-0.05, 0) is 67.9 Å². The summed E-state index contributed by atoms with van der Waals surface area (Å²) >= 11 is 0. The summed E-state index contributed by atoms with van der Waals surface area (Å²) in [4.78, 5) is 12.4. The first-order chi connectivity index (χ1) is 12.6. The van der Waals surface area contributed by atoms with Crippen molar-refractivity contribution in [3.8, 4) is 17.2 Å². The van der Waals surface area contributed by atoms with Crippen molar-refractivity contribution in [2.45, 2.75) is 20.4 Å². The van der Waals surface area contributed by atoms with Crippen LogP contribution in [0.1, 0.15) is 27.3 Å². The number of ether oxygens (including phenoxy) is 2. The van der Waals surface area contributed by atoms with Gasteiger partial charge >= 0.3 is 0 Å². The second-order valence-electron chi connectivity index (χ2n) is 6.37. The molecule has 2 heterocycles. The number of nitrogens with one attached hydrogen (secondary N) is 1. The summed E-state index contributed by atoms with van der Waals surface area (Å²) in [6, 6.07) is 17.5. The van der Waals surface area contributed by atoms with E-state index in [1.165, 1.54) is 11.4 Å². The summed E-state index contributed by atoms with van der Waals surface area (Å²) < 4.78 is 12.8. The zero-order valence-electron chi connectivity index (χ0n) is 14.8. The Balaban J connectivity index is 1.44. The third-order valence-corrected chi connectivity index (χ3v) is 4.55. The molecule has 0 fully saturated rings. The number of carbonyl (C=O) groups excluding carboxylic acids is 1. The highest BCUT2D eigenvalue weighted by molar-refractivity contribution is 5.94. The molecule has 0 aliphatic carbocycles. The van der Waals surface area contributed by atoms with Crippen molar-refractivity contribution in [3.63, 3.8) is 0 Å². The number of hydrogen-bond donors (Lipinski definition) is 1. The lowest BCUT2D eigenvalue weighted by atomic mass is 10.1. The largest absolute Gasteiger partial charge is 0.454 e. The molecule has 0 bridgehead atoms. The Morgan fingerprint density at radius 2 is 1.65 bits per heavy atom. The SMILES string of the molecule is Cc1ccc(C)n1-c1ccc(C(=O)NCc2ccc3c(c2)OCO3)cc1. The van der Waals surface area contributed by atoms with Crippen LogP contribution in [0.4, 0.5) is 0 Å². The fourth-order valence-electron chi connectivity index (χ4n) is 3.17. The number of aromatic nitrogens is 1. The fraction of sp³-hybridized carbons (Fsp3) is 0.190. The average Bonchev–Trinajstić information content (AvgIpc) is 3.25. The van der Waals surface area contributed by atoms with Gasteiger partial charge in [0.05, 0.1) is 0 Å². The second kappa shape index (κ2) is 6.59. The molecule has 132 valence electrons. The van der Waals surface area contributed by atoms with E-state index in [9.17, 15) is 4.79 Å². The Morgan fingerprint density at radius 1 is 0.962 bits per heavy atom. The number of aryl methyl sites for hydroxylation is 2. The lowest BCUT2D eigenvalue weighted by Crippen LogP contribution is -2.22. The molecule has 5 nitrogen and oxygen atoms in total. The van der Waals surface area contributed by atoms with Crippen molar-refractivity contribution < 1.29 is 14.3 Å². The first kappa shape index (κ1) is 16.3. The monoisotopic (exact) mass is 348 g/mol. The summed E-state index contributed by atoms with van der Waals surface area (Å²) in [5, 5.41) is 2.94. The van der Waals surface area contributed by atoms with E-state index in [2.05, 4.69) is 35.9 Å². The first-order valence-electron chi connectivity index (χ1n) is 8.54. The van der Waals surface area contributed by atoms with Gasteiger partial charge < -0.3 is 19.4 Å². The molecule has 5 heteroatoms. The van der Waals surface area contributed by atoms with E-state index in [1.807, 2.05) is 42.5 Å². The summed E-state index contributed by atoms with van der Waals surface area (Å²) in [6.45, 7) is 4.82. The number of rotatable bonds is 4.